The number of benzene rings is 1. The fourth-order valence-corrected chi connectivity index (χ4v) is 2.96. The first-order valence-corrected chi connectivity index (χ1v) is 8.58. The Bertz CT molecular complexity index is 527. The van der Waals surface area contributed by atoms with Gasteiger partial charge in [0.1, 0.15) is 11.5 Å². The molecule has 0 aliphatic heterocycles. The monoisotopic (exact) mass is 325 g/mol. The summed E-state index contributed by atoms with van der Waals surface area (Å²) >= 11 is 7.42. The van der Waals surface area contributed by atoms with Crippen LogP contribution in [0.4, 0.5) is 0 Å². The molecule has 0 bridgehead atoms. The summed E-state index contributed by atoms with van der Waals surface area (Å²) in [5, 5.41) is 3.19. The molecule has 0 N–H and O–H groups in total. The van der Waals surface area contributed by atoms with Crippen LogP contribution < -0.4 is 9.47 Å². The SMILES string of the molecule is CCOc1ccc(OCCCCc2nc(CCl)cs2)cc1. The molecule has 0 spiro atoms. The smallest absolute Gasteiger partial charge is 0.119 e. The van der Waals surface area contributed by atoms with Crippen molar-refractivity contribution >= 4 is 22.9 Å². The standard InChI is InChI=1S/C16H20ClNO2S/c1-2-19-14-6-8-15(9-7-14)20-10-4-3-5-16-18-13(11-17)12-21-16/h6-9,12H,2-5,10-11H2,1H3. The van der Waals surface area contributed by atoms with Gasteiger partial charge in [-0.3, -0.25) is 0 Å². The van der Waals surface area contributed by atoms with Crippen molar-refractivity contribution in [3.05, 3.63) is 40.3 Å². The largest absolute Gasteiger partial charge is 0.494 e. The van der Waals surface area contributed by atoms with Crippen molar-refractivity contribution in [2.45, 2.75) is 32.1 Å². The van der Waals surface area contributed by atoms with E-state index in [0.29, 0.717) is 12.5 Å². The van der Waals surface area contributed by atoms with Crippen molar-refractivity contribution in [1.82, 2.24) is 4.98 Å². The molecule has 5 heteroatoms. The van der Waals surface area contributed by atoms with E-state index < -0.39 is 0 Å². The van der Waals surface area contributed by atoms with Crippen LogP contribution in [0.2, 0.25) is 0 Å². The molecular formula is C16H20ClNO2S. The Morgan fingerprint density at radius 2 is 1.81 bits per heavy atom. The second kappa shape index (κ2) is 8.90. The van der Waals surface area contributed by atoms with Crippen molar-refractivity contribution < 1.29 is 9.47 Å². The van der Waals surface area contributed by atoms with Gasteiger partial charge in [-0.25, -0.2) is 4.98 Å². The molecule has 2 aromatic rings. The Hall–Kier alpha value is -1.26. The van der Waals surface area contributed by atoms with Crippen LogP contribution in [0.3, 0.4) is 0 Å². The molecule has 1 heterocycles. The highest BCUT2D eigenvalue weighted by molar-refractivity contribution is 7.09. The normalized spacial score (nSPS) is 10.6. The van der Waals surface area contributed by atoms with E-state index in [0.717, 1.165) is 48.1 Å². The van der Waals surface area contributed by atoms with E-state index in [1.54, 1.807) is 11.3 Å². The third kappa shape index (κ3) is 5.56. The molecule has 1 aromatic carbocycles. The zero-order chi connectivity index (χ0) is 14.9. The summed E-state index contributed by atoms with van der Waals surface area (Å²) in [6.07, 6.45) is 3.09. The van der Waals surface area contributed by atoms with Crippen LogP contribution in [-0.2, 0) is 12.3 Å². The summed E-state index contributed by atoms with van der Waals surface area (Å²) in [5.41, 5.74) is 0.974. The van der Waals surface area contributed by atoms with E-state index in [1.165, 1.54) is 0 Å². The molecule has 2 rings (SSSR count). The van der Waals surface area contributed by atoms with Crippen LogP contribution in [0.25, 0.3) is 0 Å². The molecule has 1 aromatic heterocycles. The lowest BCUT2D eigenvalue weighted by Gasteiger charge is -2.07. The number of hydrogen-bond donors (Lipinski definition) is 0. The van der Waals surface area contributed by atoms with Crippen LogP contribution in [-0.4, -0.2) is 18.2 Å². The minimum atomic E-state index is 0.497. The molecular weight excluding hydrogens is 306 g/mol. The van der Waals surface area contributed by atoms with Crippen LogP contribution in [0.15, 0.2) is 29.6 Å². The second-order valence-corrected chi connectivity index (χ2v) is 5.79. The molecule has 21 heavy (non-hydrogen) atoms. The molecule has 0 aliphatic rings. The second-order valence-electron chi connectivity index (χ2n) is 4.58. The van der Waals surface area contributed by atoms with Gasteiger partial charge in [0.2, 0.25) is 0 Å². The first-order valence-electron chi connectivity index (χ1n) is 7.16. The van der Waals surface area contributed by atoms with E-state index in [1.807, 2.05) is 36.6 Å². The molecule has 114 valence electrons. The van der Waals surface area contributed by atoms with Crippen LogP contribution >= 0.6 is 22.9 Å². The van der Waals surface area contributed by atoms with Crippen molar-refractivity contribution in [2.24, 2.45) is 0 Å². The first kappa shape index (κ1) is 16.1. The number of ether oxygens (including phenoxy) is 2. The average molecular weight is 326 g/mol. The average Bonchev–Trinajstić information content (AvgIpc) is 2.97. The van der Waals surface area contributed by atoms with Crippen molar-refractivity contribution in [2.75, 3.05) is 13.2 Å². The molecule has 0 amide bonds. The molecule has 0 unspecified atom stereocenters. The van der Waals surface area contributed by atoms with Crippen LogP contribution in [0.1, 0.15) is 30.5 Å². The lowest BCUT2D eigenvalue weighted by atomic mass is 10.2. The van der Waals surface area contributed by atoms with Gasteiger partial charge in [-0.1, -0.05) is 0 Å². The maximum absolute atomic E-state index is 5.74. The van der Waals surface area contributed by atoms with E-state index in [-0.39, 0.29) is 0 Å². The molecule has 0 saturated heterocycles. The van der Waals surface area contributed by atoms with E-state index >= 15 is 0 Å². The number of thiazole rings is 1. The zero-order valence-electron chi connectivity index (χ0n) is 12.2. The number of halogens is 1. The molecule has 0 atom stereocenters. The Balaban J connectivity index is 1.63. The molecule has 0 saturated carbocycles. The fourth-order valence-electron chi connectivity index (χ4n) is 1.89. The van der Waals surface area contributed by atoms with Crippen molar-refractivity contribution in [1.29, 1.82) is 0 Å². The third-order valence-corrected chi connectivity index (χ3v) is 4.16. The van der Waals surface area contributed by atoms with Gasteiger partial charge in [0.25, 0.3) is 0 Å². The Labute approximate surface area is 134 Å². The first-order chi connectivity index (χ1) is 10.3. The predicted octanol–water partition coefficient (Wildman–Crippen LogP) is 4.68. The Morgan fingerprint density at radius 3 is 2.43 bits per heavy atom. The topological polar surface area (TPSA) is 31.4 Å². The van der Waals surface area contributed by atoms with Gasteiger partial charge in [0, 0.05) is 5.38 Å². The van der Waals surface area contributed by atoms with Gasteiger partial charge >= 0.3 is 0 Å². The van der Waals surface area contributed by atoms with E-state index in [4.69, 9.17) is 21.1 Å². The number of alkyl halides is 1. The number of nitrogens with zero attached hydrogens (tertiary/aromatic N) is 1. The number of aromatic nitrogens is 1. The predicted molar refractivity (Wildman–Crippen MR) is 87.7 cm³/mol. The highest BCUT2D eigenvalue weighted by Gasteiger charge is 2.01. The quantitative estimate of drug-likeness (QED) is 0.495. The van der Waals surface area contributed by atoms with Crippen molar-refractivity contribution in [3.8, 4) is 11.5 Å². The molecule has 3 nitrogen and oxygen atoms in total. The summed E-state index contributed by atoms with van der Waals surface area (Å²) in [6, 6.07) is 7.75. The number of unbranched alkanes of at least 4 members (excludes halogenated alkanes) is 1. The molecule has 0 aliphatic carbocycles. The minimum Gasteiger partial charge on any atom is -0.494 e. The van der Waals surface area contributed by atoms with Crippen molar-refractivity contribution in [3.63, 3.8) is 0 Å². The lowest BCUT2D eigenvalue weighted by molar-refractivity contribution is 0.305. The lowest BCUT2D eigenvalue weighted by Crippen LogP contribution is -1.98. The summed E-state index contributed by atoms with van der Waals surface area (Å²) in [7, 11) is 0. The number of rotatable bonds is 9. The Morgan fingerprint density at radius 1 is 1.10 bits per heavy atom. The van der Waals surface area contributed by atoms with Gasteiger partial charge in [0.05, 0.1) is 29.8 Å². The summed E-state index contributed by atoms with van der Waals surface area (Å²) < 4.78 is 11.1. The molecule has 0 radical (unpaired) electrons. The minimum absolute atomic E-state index is 0.497. The highest BCUT2D eigenvalue weighted by atomic mass is 35.5. The molecule has 0 fully saturated rings. The summed E-state index contributed by atoms with van der Waals surface area (Å²) in [5.74, 6) is 2.26. The third-order valence-electron chi connectivity index (χ3n) is 2.92. The fraction of sp³-hybridized carbons (Fsp3) is 0.438. The van der Waals surface area contributed by atoms with E-state index in [2.05, 4.69) is 4.98 Å². The zero-order valence-corrected chi connectivity index (χ0v) is 13.8. The van der Waals surface area contributed by atoms with Gasteiger partial charge in [0.15, 0.2) is 0 Å². The van der Waals surface area contributed by atoms with E-state index in [9.17, 15) is 0 Å². The summed E-state index contributed by atoms with van der Waals surface area (Å²) in [6.45, 7) is 3.38. The van der Waals surface area contributed by atoms with Gasteiger partial charge < -0.3 is 9.47 Å². The van der Waals surface area contributed by atoms with Crippen LogP contribution in [0, 0.1) is 0 Å². The number of aryl methyl sites for hydroxylation is 1. The van der Waals surface area contributed by atoms with Gasteiger partial charge in [-0.2, -0.15) is 0 Å². The summed E-state index contributed by atoms with van der Waals surface area (Å²) in [4.78, 5) is 4.44. The van der Waals surface area contributed by atoms with Gasteiger partial charge in [-0.05, 0) is 50.5 Å². The van der Waals surface area contributed by atoms with Gasteiger partial charge in [-0.15, -0.1) is 22.9 Å². The highest BCUT2D eigenvalue weighted by Crippen LogP contribution is 2.18. The van der Waals surface area contributed by atoms with Crippen LogP contribution in [0.5, 0.6) is 11.5 Å². The maximum atomic E-state index is 5.74. The maximum Gasteiger partial charge on any atom is 0.119 e. The number of hydrogen-bond acceptors (Lipinski definition) is 4. The Kier molecular flexibility index (Phi) is 6.83.